The molecule has 0 radical (unpaired) electrons. The van der Waals surface area contributed by atoms with Crippen LogP contribution in [0.1, 0.15) is 77.6 Å². The molecule has 176 valence electrons. The molecule has 31 heavy (non-hydrogen) atoms. The second-order valence-corrected chi connectivity index (χ2v) is 7.61. The standard InChI is InChI=1S/C24H41N3O4/c1-4-7-8-9-10-11-12-13-19-27(20-23(29)26-31)24(30)16-15-22(28)25-18-17-21(6-3)14-5-2/h5-6,14,31H,2-4,7-13,15-20H2,1H3,(H,25,28)(H,26,29)/b21-14+. The summed E-state index contributed by atoms with van der Waals surface area (Å²) in [6.07, 6.45) is 15.0. The minimum Gasteiger partial charge on any atom is -0.356 e. The van der Waals surface area contributed by atoms with E-state index in [-0.39, 0.29) is 31.2 Å². The van der Waals surface area contributed by atoms with Crippen LogP contribution in [0.3, 0.4) is 0 Å². The van der Waals surface area contributed by atoms with Crippen LogP contribution in [0.2, 0.25) is 0 Å². The van der Waals surface area contributed by atoms with Crippen LogP contribution in [0.15, 0.2) is 37.0 Å². The van der Waals surface area contributed by atoms with Gasteiger partial charge in [-0.2, -0.15) is 0 Å². The van der Waals surface area contributed by atoms with Crippen molar-refractivity contribution in [3.05, 3.63) is 37.0 Å². The number of hydrogen-bond donors (Lipinski definition) is 3. The summed E-state index contributed by atoms with van der Waals surface area (Å²) < 4.78 is 0. The lowest BCUT2D eigenvalue weighted by atomic mass is 10.1. The van der Waals surface area contributed by atoms with E-state index in [0.717, 1.165) is 24.8 Å². The molecule has 0 saturated carbocycles. The van der Waals surface area contributed by atoms with Crippen molar-refractivity contribution in [1.82, 2.24) is 15.7 Å². The van der Waals surface area contributed by atoms with Crippen LogP contribution < -0.4 is 10.8 Å². The minimum atomic E-state index is -0.636. The van der Waals surface area contributed by atoms with Crippen LogP contribution >= 0.6 is 0 Å². The van der Waals surface area contributed by atoms with Crippen LogP contribution in [-0.4, -0.2) is 47.5 Å². The van der Waals surface area contributed by atoms with Crippen LogP contribution in [0.4, 0.5) is 0 Å². The monoisotopic (exact) mass is 435 g/mol. The normalized spacial score (nSPS) is 11.0. The molecule has 0 atom stereocenters. The zero-order chi connectivity index (χ0) is 23.3. The van der Waals surface area contributed by atoms with Gasteiger partial charge >= 0.3 is 0 Å². The fourth-order valence-electron chi connectivity index (χ4n) is 3.16. The Morgan fingerprint density at radius 3 is 2.13 bits per heavy atom. The van der Waals surface area contributed by atoms with Gasteiger partial charge in [0.1, 0.15) is 6.54 Å². The first-order valence-corrected chi connectivity index (χ1v) is 11.4. The number of carbonyl (C=O) groups is 3. The summed E-state index contributed by atoms with van der Waals surface area (Å²) in [5.74, 6) is -1.11. The topological polar surface area (TPSA) is 98.7 Å². The van der Waals surface area contributed by atoms with E-state index in [1.165, 1.54) is 37.0 Å². The zero-order valence-corrected chi connectivity index (χ0v) is 19.2. The molecule has 0 spiro atoms. The molecule has 0 aromatic heterocycles. The number of nitrogens with zero attached hydrogens (tertiary/aromatic N) is 1. The molecule has 7 heteroatoms. The van der Waals surface area contributed by atoms with Crippen LogP contribution in [0, 0.1) is 0 Å². The molecule has 3 N–H and O–H groups in total. The van der Waals surface area contributed by atoms with E-state index in [1.807, 2.05) is 6.08 Å². The maximum atomic E-state index is 12.5. The van der Waals surface area contributed by atoms with Crippen molar-refractivity contribution in [3.63, 3.8) is 0 Å². The molecule has 7 nitrogen and oxygen atoms in total. The van der Waals surface area contributed by atoms with E-state index in [4.69, 9.17) is 5.21 Å². The maximum Gasteiger partial charge on any atom is 0.262 e. The number of allylic oxidation sites excluding steroid dienone is 3. The van der Waals surface area contributed by atoms with E-state index in [0.29, 0.717) is 19.5 Å². The molecule has 0 aromatic rings. The molecule has 0 aromatic carbocycles. The highest BCUT2D eigenvalue weighted by molar-refractivity contribution is 5.87. The number of unbranched alkanes of at least 4 members (excludes halogenated alkanes) is 7. The summed E-state index contributed by atoms with van der Waals surface area (Å²) in [6, 6.07) is 0. The summed E-state index contributed by atoms with van der Waals surface area (Å²) >= 11 is 0. The van der Waals surface area contributed by atoms with Gasteiger partial charge in [0.2, 0.25) is 11.8 Å². The third-order valence-electron chi connectivity index (χ3n) is 4.99. The molecular formula is C24H41N3O4. The predicted octanol–water partition coefficient (Wildman–Crippen LogP) is 4.05. The first kappa shape index (κ1) is 28.6. The highest BCUT2D eigenvalue weighted by Gasteiger charge is 2.17. The number of carbonyl (C=O) groups excluding carboxylic acids is 3. The molecule has 3 amide bonds. The Morgan fingerprint density at radius 1 is 0.903 bits per heavy atom. The Balaban J connectivity index is 4.30. The Kier molecular flexibility index (Phi) is 18.0. The maximum absolute atomic E-state index is 12.5. The minimum absolute atomic E-state index is 0.0262. The Morgan fingerprint density at radius 2 is 1.55 bits per heavy atom. The molecule has 0 fully saturated rings. The van der Waals surface area contributed by atoms with Gasteiger partial charge < -0.3 is 10.2 Å². The summed E-state index contributed by atoms with van der Waals surface area (Å²) in [7, 11) is 0. The first-order valence-electron chi connectivity index (χ1n) is 11.4. The highest BCUT2D eigenvalue weighted by atomic mass is 16.5. The van der Waals surface area contributed by atoms with E-state index in [9.17, 15) is 14.4 Å². The summed E-state index contributed by atoms with van der Waals surface area (Å²) in [5.41, 5.74) is 2.54. The first-order chi connectivity index (χ1) is 15.0. The van der Waals surface area contributed by atoms with Gasteiger partial charge in [-0.15, -0.1) is 0 Å². The smallest absolute Gasteiger partial charge is 0.262 e. The lowest BCUT2D eigenvalue weighted by molar-refractivity contribution is -0.140. The van der Waals surface area contributed by atoms with Crippen LogP contribution in [0.5, 0.6) is 0 Å². The predicted molar refractivity (Wildman–Crippen MR) is 124 cm³/mol. The summed E-state index contributed by atoms with van der Waals surface area (Å²) in [4.78, 5) is 37.5. The molecular weight excluding hydrogens is 394 g/mol. The van der Waals surface area contributed by atoms with Gasteiger partial charge in [-0.25, -0.2) is 5.48 Å². The number of amides is 3. The third-order valence-corrected chi connectivity index (χ3v) is 4.99. The van der Waals surface area contributed by atoms with Crippen molar-refractivity contribution >= 4 is 17.7 Å². The largest absolute Gasteiger partial charge is 0.356 e. The average Bonchev–Trinajstić information content (AvgIpc) is 2.77. The van der Waals surface area contributed by atoms with E-state index < -0.39 is 5.91 Å². The molecule has 0 aliphatic rings. The second-order valence-electron chi connectivity index (χ2n) is 7.61. The number of rotatable bonds is 19. The molecule has 0 aliphatic carbocycles. The van der Waals surface area contributed by atoms with E-state index in [1.54, 1.807) is 17.6 Å². The third kappa shape index (κ3) is 16.0. The zero-order valence-electron chi connectivity index (χ0n) is 19.2. The Hall–Kier alpha value is -2.41. The fraction of sp³-hybridized carbons (Fsp3) is 0.625. The number of hydroxylamine groups is 1. The quantitative estimate of drug-likeness (QED) is 0.123. The fourth-order valence-corrected chi connectivity index (χ4v) is 3.16. The van der Waals surface area contributed by atoms with Gasteiger partial charge in [0.25, 0.3) is 5.91 Å². The van der Waals surface area contributed by atoms with Gasteiger partial charge in [0.05, 0.1) is 0 Å². The number of hydrogen-bond acceptors (Lipinski definition) is 4. The van der Waals surface area contributed by atoms with E-state index in [2.05, 4.69) is 25.4 Å². The van der Waals surface area contributed by atoms with Crippen molar-refractivity contribution < 1.29 is 19.6 Å². The van der Waals surface area contributed by atoms with Gasteiger partial charge in [-0.1, -0.05) is 83.3 Å². The Bertz CT molecular complexity index is 587. The number of nitrogens with one attached hydrogen (secondary N) is 2. The molecule has 0 saturated heterocycles. The van der Waals surface area contributed by atoms with Gasteiger partial charge in [0.15, 0.2) is 0 Å². The van der Waals surface area contributed by atoms with Crippen LogP contribution in [0.25, 0.3) is 0 Å². The van der Waals surface area contributed by atoms with E-state index >= 15 is 0 Å². The van der Waals surface area contributed by atoms with Gasteiger partial charge in [-0.3, -0.25) is 19.6 Å². The molecule has 0 unspecified atom stereocenters. The lowest BCUT2D eigenvalue weighted by Crippen LogP contribution is -2.40. The van der Waals surface area contributed by atoms with Crippen LogP contribution in [-0.2, 0) is 14.4 Å². The molecule has 0 heterocycles. The molecule has 0 aliphatic heterocycles. The highest BCUT2D eigenvalue weighted by Crippen LogP contribution is 2.10. The van der Waals surface area contributed by atoms with Crippen molar-refractivity contribution in [2.75, 3.05) is 19.6 Å². The SMILES string of the molecule is C=C/C=C(\C=C)CCNC(=O)CCC(=O)N(CCCCCCCCCC)CC(=O)NO. The average molecular weight is 436 g/mol. The van der Waals surface area contributed by atoms with Gasteiger partial charge in [-0.05, 0) is 18.4 Å². The van der Waals surface area contributed by atoms with Gasteiger partial charge in [0, 0.05) is 25.9 Å². The Labute approximate surface area is 187 Å². The van der Waals surface area contributed by atoms with Crippen molar-refractivity contribution in [3.8, 4) is 0 Å². The summed E-state index contributed by atoms with van der Waals surface area (Å²) in [6.45, 7) is 10.2. The second kappa shape index (κ2) is 19.5. The van der Waals surface area contributed by atoms with Crippen molar-refractivity contribution in [2.24, 2.45) is 0 Å². The van der Waals surface area contributed by atoms with Crippen molar-refractivity contribution in [2.45, 2.75) is 77.6 Å². The molecule has 0 rings (SSSR count). The lowest BCUT2D eigenvalue weighted by Gasteiger charge is -2.21. The van der Waals surface area contributed by atoms with Crippen molar-refractivity contribution in [1.29, 1.82) is 0 Å². The molecule has 0 bridgehead atoms. The summed E-state index contributed by atoms with van der Waals surface area (Å²) in [5, 5.41) is 11.6.